The van der Waals surface area contributed by atoms with E-state index in [1.54, 1.807) is 0 Å². The summed E-state index contributed by atoms with van der Waals surface area (Å²) >= 11 is 0. The first-order valence-electron chi connectivity index (χ1n) is 13.0. The zero-order chi connectivity index (χ0) is 23.2. The predicted octanol–water partition coefficient (Wildman–Crippen LogP) is 8.84. The van der Waals surface area contributed by atoms with Crippen LogP contribution in [0.25, 0.3) is 0 Å². The Hall–Kier alpha value is -0.596. The number of phenolic OH excluding ortho intramolecular Hbond substituents is 1. The van der Waals surface area contributed by atoms with Crippen molar-refractivity contribution in [1.29, 1.82) is 0 Å². The molecule has 0 spiro atoms. The first-order chi connectivity index (χ1) is 14.5. The van der Waals surface area contributed by atoms with Crippen molar-refractivity contribution in [2.45, 2.75) is 132 Å². The summed E-state index contributed by atoms with van der Waals surface area (Å²) in [6.07, 6.45) is 14.1. The fourth-order valence-electron chi connectivity index (χ4n) is 5.27. The topological polar surface area (TPSA) is 29.5 Å². The van der Waals surface area contributed by atoms with Gasteiger partial charge in [-0.1, -0.05) is 72.6 Å². The van der Waals surface area contributed by atoms with Gasteiger partial charge in [-0.15, -0.1) is 0 Å². The monoisotopic (exact) mass is 481 g/mol. The van der Waals surface area contributed by atoms with Gasteiger partial charge in [-0.25, -0.2) is 0 Å². The summed E-state index contributed by atoms with van der Waals surface area (Å²) in [5.74, 6) is 4.04. The maximum Gasteiger partial charge on any atom is 0.127 e. The summed E-state index contributed by atoms with van der Waals surface area (Å²) in [6, 6.07) is 0. The fourth-order valence-corrected chi connectivity index (χ4v) is 5.27. The number of ether oxygens (including phenoxy) is 1. The number of hydrogen-bond acceptors (Lipinski definition) is 2. The average Bonchev–Trinajstić information content (AvgIpc) is 2.70. The molecule has 0 bridgehead atoms. The molecule has 1 radical (unpaired) electrons. The van der Waals surface area contributed by atoms with E-state index in [1.807, 2.05) is 13.8 Å². The quantitative estimate of drug-likeness (QED) is 0.323. The van der Waals surface area contributed by atoms with Crippen LogP contribution in [0.4, 0.5) is 0 Å². The third kappa shape index (κ3) is 8.32. The number of hydrogen-bond donors (Lipinski definition) is 1. The van der Waals surface area contributed by atoms with Crippen molar-refractivity contribution in [1.82, 2.24) is 0 Å². The molecule has 0 unspecified atom stereocenters. The van der Waals surface area contributed by atoms with Crippen LogP contribution in [0.1, 0.15) is 121 Å². The fraction of sp³-hybridized carbons (Fsp3) is 0.793. The van der Waals surface area contributed by atoms with Gasteiger partial charge in [0, 0.05) is 24.1 Å². The van der Waals surface area contributed by atoms with Crippen LogP contribution in [0.2, 0.25) is 0 Å². The Labute approximate surface area is 211 Å². The Balaban J connectivity index is 0.00000512. The second kappa shape index (κ2) is 13.3. The smallest absolute Gasteiger partial charge is 0.127 e. The molecule has 32 heavy (non-hydrogen) atoms. The van der Waals surface area contributed by atoms with E-state index in [9.17, 15) is 5.11 Å². The summed E-state index contributed by atoms with van der Waals surface area (Å²) in [6.45, 7) is 17.9. The molecule has 0 fully saturated rings. The van der Waals surface area contributed by atoms with E-state index in [-0.39, 0.29) is 24.2 Å². The Morgan fingerprint density at radius 2 is 1.34 bits per heavy atom. The van der Waals surface area contributed by atoms with Gasteiger partial charge < -0.3 is 9.84 Å². The molecule has 1 N–H and O–H groups in total. The first-order valence-corrected chi connectivity index (χ1v) is 13.0. The molecule has 183 valence electrons. The minimum absolute atomic E-state index is 0. The van der Waals surface area contributed by atoms with Crippen LogP contribution >= 0.6 is 0 Å². The zero-order valence-corrected chi connectivity index (χ0v) is 23.7. The van der Waals surface area contributed by atoms with E-state index >= 15 is 0 Å². The number of benzene rings is 1. The largest absolute Gasteiger partial charge is 0.507 e. The Morgan fingerprint density at radius 1 is 0.812 bits per heavy atom. The molecule has 1 aromatic carbocycles. The second-order valence-corrected chi connectivity index (χ2v) is 11.4. The minimum atomic E-state index is -0.0712. The van der Waals surface area contributed by atoms with Gasteiger partial charge in [0.15, 0.2) is 0 Å². The summed E-state index contributed by atoms with van der Waals surface area (Å²) < 4.78 is 6.60. The van der Waals surface area contributed by atoms with Crippen molar-refractivity contribution in [3.05, 3.63) is 22.3 Å². The maximum absolute atomic E-state index is 10.4. The molecule has 0 aromatic heterocycles. The molecule has 1 aromatic rings. The van der Waals surface area contributed by atoms with Crippen molar-refractivity contribution in [2.75, 3.05) is 0 Å². The van der Waals surface area contributed by atoms with Gasteiger partial charge in [0.25, 0.3) is 0 Å². The van der Waals surface area contributed by atoms with Crippen LogP contribution in [0.3, 0.4) is 0 Å². The molecule has 0 aliphatic carbocycles. The van der Waals surface area contributed by atoms with Crippen molar-refractivity contribution in [2.24, 2.45) is 17.8 Å². The standard InChI is InChI=1S/C29H50O2.V/c1-20(2)12-9-13-21(3)14-10-15-22(4)16-11-18-29(8)19-17-26-25(7)27(30)23(5)24(6)28(26)31-29;/h20-22,30H,9-19H2,1-8H3;/t21-,22-,29-;/m1./s1. The zero-order valence-electron chi connectivity index (χ0n) is 22.3. The maximum atomic E-state index is 10.4. The van der Waals surface area contributed by atoms with Crippen LogP contribution < -0.4 is 4.74 Å². The van der Waals surface area contributed by atoms with Gasteiger partial charge >= 0.3 is 0 Å². The minimum Gasteiger partial charge on any atom is -0.507 e. The van der Waals surface area contributed by atoms with Crippen LogP contribution in [0, 0.1) is 38.5 Å². The Bertz CT molecular complexity index is 712. The van der Waals surface area contributed by atoms with Crippen LogP contribution in [-0.2, 0) is 25.0 Å². The Morgan fingerprint density at radius 3 is 1.91 bits per heavy atom. The molecule has 0 saturated carbocycles. The SMILES string of the molecule is Cc1c(C)c2c(c(C)c1O)CC[C@@](C)(CCC[C@H](C)CCC[C@H](C)CCCC(C)C)O2.[V]. The average molecular weight is 482 g/mol. The van der Waals surface area contributed by atoms with E-state index in [0.29, 0.717) is 5.75 Å². The van der Waals surface area contributed by atoms with E-state index in [1.165, 1.54) is 56.9 Å². The van der Waals surface area contributed by atoms with Gasteiger partial charge in [0.2, 0.25) is 0 Å². The Kier molecular flexibility index (Phi) is 12.3. The predicted molar refractivity (Wildman–Crippen MR) is 134 cm³/mol. The van der Waals surface area contributed by atoms with Gasteiger partial charge in [0.05, 0.1) is 0 Å². The summed E-state index contributed by atoms with van der Waals surface area (Å²) in [7, 11) is 0. The normalized spacial score (nSPS) is 19.8. The summed E-state index contributed by atoms with van der Waals surface area (Å²) in [5, 5.41) is 10.4. The molecule has 0 amide bonds. The van der Waals surface area contributed by atoms with E-state index < -0.39 is 0 Å². The molecular formula is C29H50O2V. The first kappa shape index (κ1) is 29.4. The molecule has 1 aliphatic rings. The third-order valence-corrected chi connectivity index (χ3v) is 7.87. The van der Waals surface area contributed by atoms with Crippen LogP contribution in [0.15, 0.2) is 0 Å². The van der Waals surface area contributed by atoms with Gasteiger partial charge in [-0.05, 0) is 87.8 Å². The van der Waals surface area contributed by atoms with E-state index in [2.05, 4.69) is 41.5 Å². The molecule has 0 saturated heterocycles. The van der Waals surface area contributed by atoms with E-state index in [4.69, 9.17) is 4.74 Å². The number of aromatic hydroxyl groups is 1. The molecule has 3 heteroatoms. The van der Waals surface area contributed by atoms with Crippen molar-refractivity contribution in [3.63, 3.8) is 0 Å². The van der Waals surface area contributed by atoms with Crippen molar-refractivity contribution >= 4 is 0 Å². The summed E-state index contributed by atoms with van der Waals surface area (Å²) in [4.78, 5) is 0. The van der Waals surface area contributed by atoms with E-state index in [0.717, 1.165) is 59.5 Å². The molecule has 1 heterocycles. The molecule has 2 rings (SSSR count). The number of rotatable bonds is 12. The van der Waals surface area contributed by atoms with Gasteiger partial charge in [-0.2, -0.15) is 0 Å². The van der Waals surface area contributed by atoms with Crippen LogP contribution in [0.5, 0.6) is 11.5 Å². The molecule has 3 atom stereocenters. The second-order valence-electron chi connectivity index (χ2n) is 11.4. The van der Waals surface area contributed by atoms with Gasteiger partial charge in [0.1, 0.15) is 17.1 Å². The molecule has 1 aliphatic heterocycles. The summed E-state index contributed by atoms with van der Waals surface area (Å²) in [5.41, 5.74) is 4.23. The number of phenols is 1. The molecule has 2 nitrogen and oxygen atoms in total. The van der Waals surface area contributed by atoms with Crippen molar-refractivity contribution < 1.29 is 28.4 Å². The molecular weight excluding hydrogens is 431 g/mol. The number of fused-ring (bicyclic) bond motifs is 1. The van der Waals surface area contributed by atoms with Crippen molar-refractivity contribution in [3.8, 4) is 11.5 Å². The third-order valence-electron chi connectivity index (χ3n) is 7.87. The van der Waals surface area contributed by atoms with Crippen LogP contribution in [-0.4, -0.2) is 10.7 Å². The van der Waals surface area contributed by atoms with Gasteiger partial charge in [-0.3, -0.25) is 0 Å².